The number of carbonyl (C=O) groups is 2. The van der Waals surface area contributed by atoms with Gasteiger partial charge in [0.05, 0.1) is 13.0 Å². The third-order valence-corrected chi connectivity index (χ3v) is 8.28. The first-order chi connectivity index (χ1) is 18.1. The van der Waals surface area contributed by atoms with E-state index in [0.717, 1.165) is 46.1 Å². The number of ether oxygens (including phenoxy) is 2. The molecule has 0 saturated carbocycles. The molecule has 1 N–H and O–H groups in total. The van der Waals surface area contributed by atoms with Gasteiger partial charge in [-0.1, -0.05) is 41.4 Å². The van der Waals surface area contributed by atoms with Gasteiger partial charge in [-0.05, 0) is 61.6 Å². The molecule has 2 heterocycles. The van der Waals surface area contributed by atoms with E-state index in [9.17, 15) is 9.59 Å². The van der Waals surface area contributed by atoms with E-state index >= 15 is 0 Å². The van der Waals surface area contributed by atoms with Crippen LogP contribution in [0, 0.1) is 13.8 Å². The van der Waals surface area contributed by atoms with Crippen molar-refractivity contribution in [2.24, 2.45) is 0 Å². The summed E-state index contributed by atoms with van der Waals surface area (Å²) in [5.74, 6) is 0.713. The molecular formula is C29H37Cl2N3O4. The van der Waals surface area contributed by atoms with Gasteiger partial charge in [-0.15, -0.1) is 0 Å². The van der Waals surface area contributed by atoms with Crippen molar-refractivity contribution in [2.75, 3.05) is 39.4 Å². The van der Waals surface area contributed by atoms with Crippen molar-refractivity contribution in [2.45, 2.75) is 58.2 Å². The van der Waals surface area contributed by atoms with Crippen LogP contribution in [-0.2, 0) is 20.9 Å². The van der Waals surface area contributed by atoms with E-state index in [4.69, 9.17) is 32.7 Å². The fourth-order valence-corrected chi connectivity index (χ4v) is 5.63. The minimum atomic E-state index is -0.813. The highest BCUT2D eigenvalue weighted by molar-refractivity contribution is 6.32. The maximum Gasteiger partial charge on any atom is 0.225 e. The van der Waals surface area contributed by atoms with E-state index in [1.807, 2.05) is 55.1 Å². The summed E-state index contributed by atoms with van der Waals surface area (Å²) in [6.07, 6.45) is 1.71. The van der Waals surface area contributed by atoms with Crippen LogP contribution in [0.4, 0.5) is 0 Å². The Bertz CT molecular complexity index is 1130. The number of nitrogens with zero attached hydrogens (tertiary/aromatic N) is 2. The predicted octanol–water partition coefficient (Wildman–Crippen LogP) is 4.78. The Kier molecular flexibility index (Phi) is 9.58. The number of carbonyl (C=O) groups excluding carboxylic acids is 2. The third-order valence-electron chi connectivity index (χ3n) is 7.32. The van der Waals surface area contributed by atoms with Crippen molar-refractivity contribution in [3.8, 4) is 5.75 Å². The van der Waals surface area contributed by atoms with Gasteiger partial charge < -0.3 is 19.7 Å². The largest absolute Gasteiger partial charge is 0.490 e. The molecule has 0 spiro atoms. The molecule has 2 saturated heterocycles. The van der Waals surface area contributed by atoms with Gasteiger partial charge in [-0.3, -0.25) is 14.5 Å². The summed E-state index contributed by atoms with van der Waals surface area (Å²) in [7, 11) is 0. The van der Waals surface area contributed by atoms with Crippen LogP contribution >= 0.6 is 23.2 Å². The van der Waals surface area contributed by atoms with E-state index in [-0.39, 0.29) is 30.9 Å². The van der Waals surface area contributed by atoms with Crippen LogP contribution < -0.4 is 10.1 Å². The number of rotatable bonds is 8. The lowest BCUT2D eigenvalue weighted by atomic mass is 9.95. The number of benzene rings is 2. The zero-order valence-corrected chi connectivity index (χ0v) is 23.9. The fourth-order valence-electron chi connectivity index (χ4n) is 5.32. The fraction of sp³-hybridized carbons (Fsp3) is 0.517. The quantitative estimate of drug-likeness (QED) is 0.502. The lowest BCUT2D eigenvalue weighted by Crippen LogP contribution is -2.57. The monoisotopic (exact) mass is 561 g/mol. The molecule has 0 unspecified atom stereocenters. The molecule has 206 valence electrons. The van der Waals surface area contributed by atoms with Gasteiger partial charge in [0.25, 0.3) is 0 Å². The van der Waals surface area contributed by atoms with Crippen molar-refractivity contribution in [1.82, 2.24) is 15.1 Å². The number of nitrogens with one attached hydrogen (secondary N) is 1. The van der Waals surface area contributed by atoms with Gasteiger partial charge in [0, 0.05) is 55.7 Å². The standard InChI is InChI=1S/C29H37Cl2N3O4/c1-20-14-25(15-21(2)28(20)31)37-19-29(16-27(36)34-10-8-24(9-11-34)32-22(3)35)18-33(12-13-38-29)17-23-6-4-5-7-26(23)30/h4-7,14-15,24H,8-13,16-19H2,1-3H3,(H,32,35)/t29-/m0/s1. The predicted molar refractivity (Wildman–Crippen MR) is 150 cm³/mol. The van der Waals surface area contributed by atoms with Crippen LogP contribution in [0.2, 0.25) is 10.0 Å². The first-order valence-corrected chi connectivity index (χ1v) is 13.9. The van der Waals surface area contributed by atoms with E-state index in [1.165, 1.54) is 6.92 Å². The van der Waals surface area contributed by atoms with Gasteiger partial charge in [-0.25, -0.2) is 0 Å². The van der Waals surface area contributed by atoms with E-state index < -0.39 is 5.60 Å². The Balaban J connectivity index is 1.49. The van der Waals surface area contributed by atoms with E-state index in [1.54, 1.807) is 0 Å². The summed E-state index contributed by atoms with van der Waals surface area (Å²) in [5, 5.41) is 4.42. The molecule has 2 aromatic rings. The van der Waals surface area contributed by atoms with Crippen molar-refractivity contribution >= 4 is 35.0 Å². The SMILES string of the molecule is CC(=O)NC1CCN(C(=O)C[C@@]2(COc3cc(C)c(Cl)c(C)c3)CN(Cc3ccccc3Cl)CCO2)CC1. The molecular weight excluding hydrogens is 525 g/mol. The molecule has 0 aromatic heterocycles. The van der Waals surface area contributed by atoms with E-state index in [2.05, 4.69) is 10.2 Å². The second-order valence-electron chi connectivity index (χ2n) is 10.5. The highest BCUT2D eigenvalue weighted by atomic mass is 35.5. The normalized spacial score (nSPS) is 20.8. The Morgan fingerprint density at radius 1 is 1.11 bits per heavy atom. The minimum Gasteiger partial charge on any atom is -0.490 e. The highest BCUT2D eigenvalue weighted by Crippen LogP contribution is 2.30. The first kappa shape index (κ1) is 28.7. The van der Waals surface area contributed by atoms with Crippen LogP contribution in [0.25, 0.3) is 0 Å². The van der Waals surface area contributed by atoms with Crippen LogP contribution in [0.1, 0.15) is 42.9 Å². The van der Waals surface area contributed by atoms with Gasteiger partial charge in [0.15, 0.2) is 0 Å². The van der Waals surface area contributed by atoms with Gasteiger partial charge >= 0.3 is 0 Å². The van der Waals surface area contributed by atoms with Crippen LogP contribution in [0.5, 0.6) is 5.75 Å². The lowest BCUT2D eigenvalue weighted by molar-refractivity contribution is -0.157. The number of likely N-dealkylation sites (tertiary alicyclic amines) is 1. The molecule has 1 atom stereocenters. The maximum atomic E-state index is 13.5. The molecule has 7 nitrogen and oxygen atoms in total. The third kappa shape index (κ3) is 7.41. The summed E-state index contributed by atoms with van der Waals surface area (Å²) < 4.78 is 12.7. The maximum absolute atomic E-state index is 13.5. The Labute approximate surface area is 235 Å². The molecule has 4 rings (SSSR count). The smallest absolute Gasteiger partial charge is 0.225 e. The van der Waals surface area contributed by atoms with Crippen molar-refractivity contribution in [3.63, 3.8) is 0 Å². The van der Waals surface area contributed by atoms with E-state index in [0.29, 0.717) is 38.5 Å². The summed E-state index contributed by atoms with van der Waals surface area (Å²) >= 11 is 12.8. The molecule has 2 fully saturated rings. The number of piperidine rings is 1. The molecule has 2 aliphatic rings. The Morgan fingerprint density at radius 3 is 2.45 bits per heavy atom. The van der Waals surface area contributed by atoms with Crippen LogP contribution in [0.3, 0.4) is 0 Å². The van der Waals surface area contributed by atoms with Crippen LogP contribution in [0.15, 0.2) is 36.4 Å². The average molecular weight is 563 g/mol. The number of halogens is 2. The first-order valence-electron chi connectivity index (χ1n) is 13.2. The molecule has 0 radical (unpaired) electrons. The molecule has 38 heavy (non-hydrogen) atoms. The topological polar surface area (TPSA) is 71.1 Å². The highest BCUT2D eigenvalue weighted by Gasteiger charge is 2.41. The number of hydrogen-bond donors (Lipinski definition) is 1. The van der Waals surface area contributed by atoms with Crippen molar-refractivity contribution < 1.29 is 19.1 Å². The number of morpholine rings is 1. The molecule has 2 aliphatic heterocycles. The van der Waals surface area contributed by atoms with Crippen molar-refractivity contribution in [1.29, 1.82) is 0 Å². The lowest BCUT2D eigenvalue weighted by Gasteiger charge is -2.43. The summed E-state index contributed by atoms with van der Waals surface area (Å²) in [4.78, 5) is 29.1. The number of aryl methyl sites for hydroxylation is 2. The molecule has 2 aromatic carbocycles. The second-order valence-corrected chi connectivity index (χ2v) is 11.3. The molecule has 9 heteroatoms. The van der Waals surface area contributed by atoms with Gasteiger partial charge in [0.2, 0.25) is 11.8 Å². The second kappa shape index (κ2) is 12.7. The number of amides is 2. The van der Waals surface area contributed by atoms with Crippen molar-refractivity contribution in [3.05, 3.63) is 63.1 Å². The van der Waals surface area contributed by atoms with Crippen LogP contribution in [-0.4, -0.2) is 72.6 Å². The zero-order chi connectivity index (χ0) is 27.3. The summed E-state index contributed by atoms with van der Waals surface area (Å²) in [5.41, 5.74) is 2.12. The summed E-state index contributed by atoms with van der Waals surface area (Å²) in [6.45, 7) is 9.33. The number of hydrogen-bond acceptors (Lipinski definition) is 5. The average Bonchev–Trinajstić information content (AvgIpc) is 2.87. The minimum absolute atomic E-state index is 0.0345. The Morgan fingerprint density at radius 2 is 1.79 bits per heavy atom. The van der Waals surface area contributed by atoms with Gasteiger partial charge in [0.1, 0.15) is 18.0 Å². The Hall–Kier alpha value is -2.32. The summed E-state index contributed by atoms with van der Waals surface area (Å²) in [6, 6.07) is 11.8. The molecule has 0 bridgehead atoms. The zero-order valence-electron chi connectivity index (χ0n) is 22.4. The molecule has 0 aliphatic carbocycles. The molecule has 2 amide bonds. The van der Waals surface area contributed by atoms with Gasteiger partial charge in [-0.2, -0.15) is 0 Å².